The topological polar surface area (TPSA) is 94.3 Å². The van der Waals surface area contributed by atoms with Gasteiger partial charge in [0.2, 0.25) is 0 Å². The standard InChI is InChI=1S/C22H23NO4S2/c1-17-12-14-21(23)18(16-17)13-15-22(28(24,25)19-8-4-2-5-9-19)29(26,27)20-10-6-3-7-11-20/h2-12,14,16,22H,13,15,23H2,1H3. The molecule has 3 aromatic carbocycles. The van der Waals surface area contributed by atoms with Crippen molar-refractivity contribution in [2.24, 2.45) is 0 Å². The molecular formula is C22H23NO4S2. The second kappa shape index (κ2) is 8.39. The number of nitrogens with two attached hydrogens (primary N) is 1. The molecule has 0 bridgehead atoms. The molecule has 0 spiro atoms. The predicted molar refractivity (Wildman–Crippen MR) is 115 cm³/mol. The van der Waals surface area contributed by atoms with E-state index in [2.05, 4.69) is 0 Å². The first-order valence-electron chi connectivity index (χ1n) is 9.16. The summed E-state index contributed by atoms with van der Waals surface area (Å²) in [6.07, 6.45) is 0.137. The van der Waals surface area contributed by atoms with Crippen LogP contribution in [0.25, 0.3) is 0 Å². The minimum atomic E-state index is -4.13. The fourth-order valence-corrected chi connectivity index (χ4v) is 7.76. The van der Waals surface area contributed by atoms with Crippen molar-refractivity contribution < 1.29 is 16.8 Å². The maximum absolute atomic E-state index is 13.3. The van der Waals surface area contributed by atoms with Crippen molar-refractivity contribution in [1.82, 2.24) is 0 Å². The van der Waals surface area contributed by atoms with E-state index in [1.54, 1.807) is 42.5 Å². The average molecular weight is 430 g/mol. The van der Waals surface area contributed by atoms with Gasteiger partial charge in [0.15, 0.2) is 24.3 Å². The van der Waals surface area contributed by atoms with Gasteiger partial charge >= 0.3 is 0 Å². The molecule has 0 aliphatic rings. The minimum Gasteiger partial charge on any atom is -0.399 e. The normalized spacial score (nSPS) is 12.2. The lowest BCUT2D eigenvalue weighted by Gasteiger charge is -2.19. The van der Waals surface area contributed by atoms with E-state index in [0.29, 0.717) is 5.69 Å². The number of rotatable bonds is 7. The molecular weight excluding hydrogens is 406 g/mol. The largest absolute Gasteiger partial charge is 0.399 e. The van der Waals surface area contributed by atoms with Crippen molar-refractivity contribution in [3.63, 3.8) is 0 Å². The highest BCUT2D eigenvalue weighted by molar-refractivity contribution is 8.09. The van der Waals surface area contributed by atoms with Gasteiger partial charge < -0.3 is 5.73 Å². The molecule has 0 fully saturated rings. The Morgan fingerprint density at radius 2 is 1.24 bits per heavy atom. The van der Waals surface area contributed by atoms with Crippen LogP contribution < -0.4 is 5.73 Å². The molecule has 0 saturated carbocycles. The van der Waals surface area contributed by atoms with E-state index in [4.69, 9.17) is 5.73 Å². The second-order valence-corrected chi connectivity index (χ2v) is 11.4. The Bertz CT molecular complexity index is 1120. The smallest absolute Gasteiger partial charge is 0.195 e. The average Bonchev–Trinajstić information content (AvgIpc) is 2.71. The molecule has 0 radical (unpaired) electrons. The van der Waals surface area contributed by atoms with Gasteiger partial charge in [0.25, 0.3) is 0 Å². The lowest BCUT2D eigenvalue weighted by Crippen LogP contribution is -2.31. The molecule has 0 aliphatic carbocycles. The summed E-state index contributed by atoms with van der Waals surface area (Å²) in [5.74, 6) is 0. The number of hydrogen-bond donors (Lipinski definition) is 1. The summed E-state index contributed by atoms with van der Waals surface area (Å²) in [7, 11) is -8.26. The van der Waals surface area contributed by atoms with Crippen LogP contribution in [0.3, 0.4) is 0 Å². The Labute approximate surface area is 172 Å². The summed E-state index contributed by atoms with van der Waals surface area (Å²) < 4.78 is 51.6. The SMILES string of the molecule is Cc1ccc(N)c(CCC(S(=O)(=O)c2ccccc2)S(=O)(=O)c2ccccc2)c1. The molecule has 0 amide bonds. The number of anilines is 1. The highest BCUT2D eigenvalue weighted by Gasteiger charge is 2.39. The van der Waals surface area contributed by atoms with Gasteiger partial charge in [-0.25, -0.2) is 16.8 Å². The van der Waals surface area contributed by atoms with Crippen LogP contribution in [0.2, 0.25) is 0 Å². The number of aryl methyl sites for hydroxylation is 2. The summed E-state index contributed by atoms with van der Waals surface area (Å²) in [5.41, 5.74) is 8.25. The number of sulfone groups is 2. The monoisotopic (exact) mass is 429 g/mol. The van der Waals surface area contributed by atoms with Crippen LogP contribution in [-0.2, 0) is 26.1 Å². The van der Waals surface area contributed by atoms with Crippen molar-refractivity contribution in [3.8, 4) is 0 Å². The fraction of sp³-hybridized carbons (Fsp3) is 0.182. The van der Waals surface area contributed by atoms with Crippen molar-refractivity contribution in [1.29, 1.82) is 0 Å². The van der Waals surface area contributed by atoms with Gasteiger partial charge in [0.05, 0.1) is 9.79 Å². The first kappa shape index (κ1) is 21.1. The van der Waals surface area contributed by atoms with Crippen molar-refractivity contribution in [2.45, 2.75) is 34.1 Å². The van der Waals surface area contributed by atoms with Gasteiger partial charge in [-0.1, -0.05) is 54.1 Å². The number of hydrogen-bond acceptors (Lipinski definition) is 5. The van der Waals surface area contributed by atoms with Gasteiger partial charge in [-0.05, 0) is 55.7 Å². The first-order chi connectivity index (χ1) is 13.7. The molecule has 0 unspecified atom stereocenters. The summed E-state index contributed by atoms with van der Waals surface area (Å²) in [6.45, 7) is 1.90. The second-order valence-electron chi connectivity index (χ2n) is 6.89. The van der Waals surface area contributed by atoms with E-state index in [1.165, 1.54) is 24.3 Å². The maximum atomic E-state index is 13.3. The Balaban J connectivity index is 2.06. The third-order valence-corrected chi connectivity index (χ3v) is 10.0. The summed E-state index contributed by atoms with van der Waals surface area (Å²) in [4.78, 5) is -0.0246. The van der Waals surface area contributed by atoms with Crippen LogP contribution in [0.1, 0.15) is 17.5 Å². The summed E-state index contributed by atoms with van der Waals surface area (Å²) in [5, 5.41) is 0. The predicted octanol–water partition coefficient (Wildman–Crippen LogP) is 3.78. The molecule has 3 rings (SSSR count). The van der Waals surface area contributed by atoms with E-state index in [1.807, 2.05) is 19.1 Å². The van der Waals surface area contributed by atoms with E-state index >= 15 is 0 Å². The lowest BCUT2D eigenvalue weighted by molar-refractivity contribution is 0.568. The summed E-state index contributed by atoms with van der Waals surface area (Å²) >= 11 is 0. The Hall–Kier alpha value is -2.64. The third kappa shape index (κ3) is 4.52. The van der Waals surface area contributed by atoms with Crippen LogP contribution in [0.4, 0.5) is 5.69 Å². The maximum Gasteiger partial charge on any atom is 0.195 e. The van der Waals surface area contributed by atoms with Gasteiger partial charge in [-0.2, -0.15) is 0 Å². The number of nitrogen functional groups attached to an aromatic ring is 1. The number of benzene rings is 3. The zero-order valence-electron chi connectivity index (χ0n) is 16.0. The Morgan fingerprint density at radius 3 is 1.72 bits per heavy atom. The van der Waals surface area contributed by atoms with Crippen LogP contribution in [-0.4, -0.2) is 21.4 Å². The molecule has 0 aliphatic heterocycles. The molecule has 0 aromatic heterocycles. The van der Waals surface area contributed by atoms with Crippen LogP contribution in [0.15, 0.2) is 88.7 Å². The van der Waals surface area contributed by atoms with Crippen molar-refractivity contribution in [3.05, 3.63) is 90.0 Å². The van der Waals surface area contributed by atoms with E-state index in [0.717, 1.165) is 11.1 Å². The highest BCUT2D eigenvalue weighted by Crippen LogP contribution is 2.29. The zero-order chi connectivity index (χ0) is 21.1. The van der Waals surface area contributed by atoms with Crippen LogP contribution in [0.5, 0.6) is 0 Å². The van der Waals surface area contributed by atoms with Crippen molar-refractivity contribution in [2.75, 3.05) is 5.73 Å². The zero-order valence-corrected chi connectivity index (χ0v) is 17.7. The van der Waals surface area contributed by atoms with Gasteiger partial charge in [-0.3, -0.25) is 0 Å². The Kier molecular flexibility index (Phi) is 6.10. The molecule has 0 atom stereocenters. The van der Waals surface area contributed by atoms with Gasteiger partial charge in [0, 0.05) is 5.69 Å². The molecule has 0 saturated heterocycles. The van der Waals surface area contributed by atoms with Crippen LogP contribution >= 0.6 is 0 Å². The van der Waals surface area contributed by atoms with E-state index in [-0.39, 0.29) is 22.6 Å². The lowest BCUT2D eigenvalue weighted by atomic mass is 10.1. The minimum absolute atomic E-state index is 0.0123. The third-order valence-electron chi connectivity index (χ3n) is 4.78. The van der Waals surface area contributed by atoms with Gasteiger partial charge in [0.1, 0.15) is 0 Å². The van der Waals surface area contributed by atoms with Crippen LogP contribution in [0, 0.1) is 6.92 Å². The Morgan fingerprint density at radius 1 is 0.759 bits per heavy atom. The summed E-state index contributed by atoms with van der Waals surface area (Å²) in [6, 6.07) is 20.8. The molecule has 5 nitrogen and oxygen atoms in total. The van der Waals surface area contributed by atoms with Crippen molar-refractivity contribution >= 4 is 25.4 Å². The molecule has 3 aromatic rings. The molecule has 7 heteroatoms. The molecule has 152 valence electrons. The first-order valence-corrected chi connectivity index (χ1v) is 12.2. The van der Waals surface area contributed by atoms with E-state index < -0.39 is 24.3 Å². The highest BCUT2D eigenvalue weighted by atomic mass is 32.3. The van der Waals surface area contributed by atoms with Gasteiger partial charge in [-0.15, -0.1) is 0 Å². The quantitative estimate of drug-likeness (QED) is 0.577. The molecule has 0 heterocycles. The molecule has 29 heavy (non-hydrogen) atoms. The fourth-order valence-electron chi connectivity index (χ4n) is 3.23. The van der Waals surface area contributed by atoms with E-state index in [9.17, 15) is 16.8 Å². The molecule has 2 N–H and O–H groups in total.